The highest BCUT2D eigenvalue weighted by molar-refractivity contribution is 5.63. The van der Waals surface area contributed by atoms with Crippen molar-refractivity contribution >= 4 is 0 Å². The van der Waals surface area contributed by atoms with Crippen LogP contribution in [0.1, 0.15) is 18.1 Å². The van der Waals surface area contributed by atoms with Crippen LogP contribution in [0.2, 0.25) is 0 Å². The topological polar surface area (TPSA) is 17.8 Å². The van der Waals surface area contributed by atoms with E-state index in [9.17, 15) is 0 Å². The van der Waals surface area contributed by atoms with Crippen molar-refractivity contribution in [1.82, 2.24) is 9.78 Å². The van der Waals surface area contributed by atoms with Crippen LogP contribution in [-0.4, -0.2) is 9.78 Å². The number of aromatic nitrogens is 2. The summed E-state index contributed by atoms with van der Waals surface area (Å²) in [6.07, 6.45) is 3.11. The molecule has 2 nitrogen and oxygen atoms in total. The van der Waals surface area contributed by atoms with Crippen LogP contribution in [0.4, 0.5) is 0 Å². The molecule has 100 valence electrons. The van der Waals surface area contributed by atoms with Gasteiger partial charge in [-0.2, -0.15) is 5.10 Å². The van der Waals surface area contributed by atoms with Crippen LogP contribution >= 0.6 is 0 Å². The van der Waals surface area contributed by atoms with Gasteiger partial charge in [0.2, 0.25) is 0 Å². The van der Waals surface area contributed by atoms with Crippen LogP contribution in [0.3, 0.4) is 0 Å². The van der Waals surface area contributed by atoms with Gasteiger partial charge in [-0.25, -0.2) is 4.68 Å². The number of aryl methyl sites for hydroxylation is 2. The van der Waals surface area contributed by atoms with Crippen LogP contribution in [0.25, 0.3) is 16.9 Å². The van der Waals surface area contributed by atoms with Gasteiger partial charge < -0.3 is 0 Å². The first-order chi connectivity index (χ1) is 9.78. The summed E-state index contributed by atoms with van der Waals surface area (Å²) in [5.41, 5.74) is 5.91. The molecule has 2 heteroatoms. The molecule has 1 aromatic heterocycles. The minimum Gasteiger partial charge on any atom is -0.240 e. The smallest absolute Gasteiger partial charge is 0.0959 e. The maximum atomic E-state index is 4.77. The Bertz CT molecular complexity index is 694. The molecule has 0 unspecified atom stereocenters. The van der Waals surface area contributed by atoms with Crippen molar-refractivity contribution in [3.8, 4) is 16.9 Å². The van der Waals surface area contributed by atoms with Crippen molar-refractivity contribution in [3.63, 3.8) is 0 Å². The standard InChI is InChI=1S/C18H18N2/c1-3-15-13-20(17-7-5-4-6-8-17)19-18(15)16-11-9-14(2)10-12-16/h4-13H,3H2,1-2H3. The van der Waals surface area contributed by atoms with Crippen LogP contribution in [-0.2, 0) is 6.42 Å². The quantitative estimate of drug-likeness (QED) is 0.683. The Morgan fingerprint density at radius 3 is 2.30 bits per heavy atom. The number of rotatable bonds is 3. The van der Waals surface area contributed by atoms with Gasteiger partial charge in [-0.1, -0.05) is 55.0 Å². The van der Waals surface area contributed by atoms with Gasteiger partial charge in [0.05, 0.1) is 11.4 Å². The van der Waals surface area contributed by atoms with E-state index in [2.05, 4.69) is 56.4 Å². The Hall–Kier alpha value is -2.35. The molecule has 0 aliphatic heterocycles. The van der Waals surface area contributed by atoms with Gasteiger partial charge in [-0.3, -0.25) is 0 Å². The average Bonchev–Trinajstić information content (AvgIpc) is 2.93. The van der Waals surface area contributed by atoms with E-state index in [-0.39, 0.29) is 0 Å². The second-order valence-electron chi connectivity index (χ2n) is 5.00. The second-order valence-corrected chi connectivity index (χ2v) is 5.00. The Labute approximate surface area is 119 Å². The van der Waals surface area contributed by atoms with Crippen molar-refractivity contribution in [2.75, 3.05) is 0 Å². The largest absolute Gasteiger partial charge is 0.240 e. The van der Waals surface area contributed by atoms with Crippen LogP contribution in [0.5, 0.6) is 0 Å². The number of benzene rings is 2. The minimum absolute atomic E-state index is 0.982. The highest BCUT2D eigenvalue weighted by Crippen LogP contribution is 2.24. The third-order valence-corrected chi connectivity index (χ3v) is 3.52. The molecule has 0 atom stereocenters. The summed E-state index contributed by atoms with van der Waals surface area (Å²) in [6, 6.07) is 18.8. The number of hydrogen-bond donors (Lipinski definition) is 0. The maximum absolute atomic E-state index is 4.77. The number of hydrogen-bond acceptors (Lipinski definition) is 1. The van der Waals surface area contributed by atoms with Crippen molar-refractivity contribution in [2.24, 2.45) is 0 Å². The SMILES string of the molecule is CCc1cn(-c2ccccc2)nc1-c1ccc(C)cc1. The lowest BCUT2D eigenvalue weighted by Gasteiger charge is -2.01. The summed E-state index contributed by atoms with van der Waals surface area (Å²) in [7, 11) is 0. The zero-order valence-electron chi connectivity index (χ0n) is 11.9. The van der Waals surface area contributed by atoms with E-state index < -0.39 is 0 Å². The van der Waals surface area contributed by atoms with Crippen molar-refractivity contribution in [1.29, 1.82) is 0 Å². The normalized spacial score (nSPS) is 10.7. The molecule has 3 aromatic rings. The summed E-state index contributed by atoms with van der Waals surface area (Å²) in [6.45, 7) is 4.27. The first kappa shape index (κ1) is 12.7. The third kappa shape index (κ3) is 2.37. The second kappa shape index (κ2) is 5.33. The van der Waals surface area contributed by atoms with Gasteiger partial charge in [0, 0.05) is 11.8 Å². The summed E-state index contributed by atoms with van der Waals surface area (Å²) in [5.74, 6) is 0. The molecule has 0 radical (unpaired) electrons. The minimum atomic E-state index is 0.982. The van der Waals surface area contributed by atoms with Crippen molar-refractivity contribution in [2.45, 2.75) is 20.3 Å². The van der Waals surface area contributed by atoms with E-state index in [4.69, 9.17) is 5.10 Å². The number of nitrogens with zero attached hydrogens (tertiary/aromatic N) is 2. The zero-order chi connectivity index (χ0) is 13.9. The highest BCUT2D eigenvalue weighted by atomic mass is 15.3. The molecule has 3 rings (SSSR count). The lowest BCUT2D eigenvalue weighted by atomic mass is 10.1. The molecule has 0 aliphatic carbocycles. The summed E-state index contributed by atoms with van der Waals surface area (Å²) in [5, 5.41) is 4.77. The lowest BCUT2D eigenvalue weighted by Crippen LogP contribution is -1.93. The molecular weight excluding hydrogens is 244 g/mol. The molecule has 0 saturated heterocycles. The Morgan fingerprint density at radius 2 is 1.65 bits per heavy atom. The molecule has 1 heterocycles. The van der Waals surface area contributed by atoms with Gasteiger partial charge in [0.1, 0.15) is 0 Å². The fourth-order valence-electron chi connectivity index (χ4n) is 2.34. The molecule has 20 heavy (non-hydrogen) atoms. The molecule has 2 aromatic carbocycles. The maximum Gasteiger partial charge on any atom is 0.0959 e. The Balaban J connectivity index is 2.07. The summed E-state index contributed by atoms with van der Waals surface area (Å²) < 4.78 is 1.97. The van der Waals surface area contributed by atoms with Gasteiger partial charge in [0.15, 0.2) is 0 Å². The fraction of sp³-hybridized carbons (Fsp3) is 0.167. The van der Waals surface area contributed by atoms with Crippen molar-refractivity contribution in [3.05, 3.63) is 71.9 Å². The highest BCUT2D eigenvalue weighted by Gasteiger charge is 2.10. The fourth-order valence-corrected chi connectivity index (χ4v) is 2.34. The van der Waals surface area contributed by atoms with Crippen LogP contribution in [0.15, 0.2) is 60.8 Å². The third-order valence-electron chi connectivity index (χ3n) is 3.52. The predicted molar refractivity (Wildman–Crippen MR) is 83.1 cm³/mol. The molecule has 0 amide bonds. The van der Waals surface area contributed by atoms with E-state index in [0.717, 1.165) is 17.8 Å². The molecule has 0 spiro atoms. The average molecular weight is 262 g/mol. The first-order valence-corrected chi connectivity index (χ1v) is 6.99. The van der Waals surface area contributed by atoms with Gasteiger partial charge in [0.25, 0.3) is 0 Å². The Kier molecular flexibility index (Phi) is 3.38. The summed E-state index contributed by atoms with van der Waals surface area (Å²) in [4.78, 5) is 0. The molecule has 0 bridgehead atoms. The molecular formula is C18H18N2. The summed E-state index contributed by atoms with van der Waals surface area (Å²) >= 11 is 0. The van der Waals surface area contributed by atoms with E-state index in [0.29, 0.717) is 0 Å². The van der Waals surface area contributed by atoms with Gasteiger partial charge in [-0.05, 0) is 31.0 Å². The first-order valence-electron chi connectivity index (χ1n) is 6.99. The monoisotopic (exact) mass is 262 g/mol. The molecule has 0 N–H and O–H groups in total. The Morgan fingerprint density at radius 1 is 0.950 bits per heavy atom. The van der Waals surface area contributed by atoms with E-state index >= 15 is 0 Å². The lowest BCUT2D eigenvalue weighted by molar-refractivity contribution is 0.883. The molecule has 0 saturated carbocycles. The van der Waals surface area contributed by atoms with E-state index in [1.165, 1.54) is 16.7 Å². The van der Waals surface area contributed by atoms with Crippen LogP contribution < -0.4 is 0 Å². The molecule has 0 aliphatic rings. The van der Waals surface area contributed by atoms with Gasteiger partial charge >= 0.3 is 0 Å². The zero-order valence-corrected chi connectivity index (χ0v) is 11.9. The van der Waals surface area contributed by atoms with E-state index in [1.807, 2.05) is 22.9 Å². The van der Waals surface area contributed by atoms with Gasteiger partial charge in [-0.15, -0.1) is 0 Å². The molecule has 0 fully saturated rings. The van der Waals surface area contributed by atoms with Crippen molar-refractivity contribution < 1.29 is 0 Å². The number of para-hydroxylation sites is 1. The van der Waals surface area contributed by atoms with E-state index in [1.54, 1.807) is 0 Å². The predicted octanol–water partition coefficient (Wildman–Crippen LogP) is 4.41. The van der Waals surface area contributed by atoms with Crippen LogP contribution in [0, 0.1) is 6.92 Å².